The van der Waals surface area contributed by atoms with E-state index in [1.165, 1.54) is 0 Å². The molecular formula is C23H24N4. The Balaban J connectivity index is 0.00000176. The Morgan fingerprint density at radius 3 is 1.70 bits per heavy atom. The van der Waals surface area contributed by atoms with Crippen molar-refractivity contribution in [2.45, 2.75) is 27.7 Å². The number of benzene rings is 2. The van der Waals surface area contributed by atoms with E-state index >= 15 is 0 Å². The summed E-state index contributed by atoms with van der Waals surface area (Å²) in [5, 5.41) is 29.3. The number of nitriles is 3. The molecule has 0 aliphatic carbocycles. The molecule has 2 aromatic rings. The van der Waals surface area contributed by atoms with Gasteiger partial charge in [0, 0.05) is 25.0 Å². The van der Waals surface area contributed by atoms with Gasteiger partial charge in [-0.2, -0.15) is 15.8 Å². The van der Waals surface area contributed by atoms with Crippen LogP contribution >= 0.6 is 0 Å². The van der Waals surface area contributed by atoms with Crippen LogP contribution in [0.2, 0.25) is 0 Å². The molecule has 0 radical (unpaired) electrons. The first-order valence-corrected chi connectivity index (χ1v) is 8.76. The van der Waals surface area contributed by atoms with Crippen LogP contribution in [-0.4, -0.2) is 14.1 Å². The maximum absolute atomic E-state index is 9.69. The topological polar surface area (TPSA) is 74.6 Å². The highest BCUT2D eigenvalue weighted by molar-refractivity contribution is 5.78. The van der Waals surface area contributed by atoms with Crippen molar-refractivity contribution in [1.29, 1.82) is 15.8 Å². The molecule has 0 saturated carbocycles. The fourth-order valence-corrected chi connectivity index (χ4v) is 2.71. The maximum Gasteiger partial charge on any atom is 0.137 e. The van der Waals surface area contributed by atoms with Crippen molar-refractivity contribution in [1.82, 2.24) is 0 Å². The molecule has 0 unspecified atom stereocenters. The molecular weight excluding hydrogens is 332 g/mol. The van der Waals surface area contributed by atoms with Crippen molar-refractivity contribution < 1.29 is 0 Å². The molecule has 0 amide bonds. The minimum atomic E-state index is 0.0843. The van der Waals surface area contributed by atoms with E-state index in [1.54, 1.807) is 6.07 Å². The van der Waals surface area contributed by atoms with Gasteiger partial charge >= 0.3 is 0 Å². The SMILES string of the molecule is CC.Cc1c/c(=C(/C#N)c2ccc(N(C)C)cc2)c(C)cc1=C(C#N)C#N. The minimum absolute atomic E-state index is 0.0843. The van der Waals surface area contributed by atoms with Crippen molar-refractivity contribution in [2.24, 2.45) is 0 Å². The zero-order chi connectivity index (χ0) is 20.6. The summed E-state index contributed by atoms with van der Waals surface area (Å²) < 4.78 is 0. The molecule has 4 heteroatoms. The van der Waals surface area contributed by atoms with Gasteiger partial charge in [-0.1, -0.05) is 26.0 Å². The molecule has 0 heterocycles. The lowest BCUT2D eigenvalue weighted by molar-refractivity contribution is 1.13. The van der Waals surface area contributed by atoms with Gasteiger partial charge in [-0.15, -0.1) is 0 Å². The van der Waals surface area contributed by atoms with Gasteiger partial charge in [0.1, 0.15) is 23.8 Å². The molecule has 0 spiro atoms. The Labute approximate surface area is 161 Å². The summed E-state index contributed by atoms with van der Waals surface area (Å²) in [5.74, 6) is 0. The lowest BCUT2D eigenvalue weighted by Crippen LogP contribution is -2.20. The second kappa shape index (κ2) is 9.81. The summed E-state index contributed by atoms with van der Waals surface area (Å²) in [4.78, 5) is 2.00. The lowest BCUT2D eigenvalue weighted by Gasteiger charge is -2.12. The van der Waals surface area contributed by atoms with E-state index in [0.717, 1.165) is 27.6 Å². The predicted octanol–water partition coefficient (Wildman–Crippen LogP) is 3.32. The highest BCUT2D eigenvalue weighted by Crippen LogP contribution is 2.17. The zero-order valence-electron chi connectivity index (χ0n) is 16.8. The molecule has 2 rings (SSSR count). The summed E-state index contributed by atoms with van der Waals surface area (Å²) in [6, 6.07) is 17.6. The lowest BCUT2D eigenvalue weighted by atomic mass is 9.97. The quantitative estimate of drug-likeness (QED) is 0.827. The van der Waals surface area contributed by atoms with Gasteiger partial charge in [0.05, 0.1) is 5.57 Å². The van der Waals surface area contributed by atoms with Crippen LogP contribution in [0.3, 0.4) is 0 Å². The molecule has 136 valence electrons. The van der Waals surface area contributed by atoms with Crippen molar-refractivity contribution in [3.63, 3.8) is 0 Å². The van der Waals surface area contributed by atoms with Gasteiger partial charge in [0.25, 0.3) is 0 Å². The van der Waals surface area contributed by atoms with Gasteiger partial charge in [0.15, 0.2) is 0 Å². The van der Waals surface area contributed by atoms with E-state index in [9.17, 15) is 5.26 Å². The Morgan fingerprint density at radius 2 is 1.26 bits per heavy atom. The molecule has 2 aromatic carbocycles. The Kier molecular flexibility index (Phi) is 7.81. The maximum atomic E-state index is 9.69. The summed E-state index contributed by atoms with van der Waals surface area (Å²) >= 11 is 0. The van der Waals surface area contributed by atoms with Crippen LogP contribution in [0.15, 0.2) is 36.4 Å². The van der Waals surface area contributed by atoms with Gasteiger partial charge in [-0.05, 0) is 60.0 Å². The van der Waals surface area contributed by atoms with Gasteiger partial charge in [-0.3, -0.25) is 0 Å². The Hall–Kier alpha value is -3.55. The third kappa shape index (κ3) is 4.75. The van der Waals surface area contributed by atoms with E-state index in [4.69, 9.17) is 10.5 Å². The molecule has 0 N–H and O–H groups in total. The number of anilines is 1. The zero-order valence-corrected chi connectivity index (χ0v) is 16.8. The van der Waals surface area contributed by atoms with Crippen LogP contribution in [0.25, 0.3) is 11.1 Å². The van der Waals surface area contributed by atoms with Crippen LogP contribution in [0.1, 0.15) is 30.5 Å². The highest BCUT2D eigenvalue weighted by Gasteiger charge is 2.07. The van der Waals surface area contributed by atoms with Crippen LogP contribution in [-0.2, 0) is 0 Å². The molecule has 0 aliphatic rings. The van der Waals surface area contributed by atoms with Gasteiger partial charge in [0.2, 0.25) is 0 Å². The normalized spacial score (nSPS) is 10.3. The third-order valence-corrected chi connectivity index (χ3v) is 4.12. The number of hydrogen-bond donors (Lipinski definition) is 0. The fraction of sp³-hybridized carbons (Fsp3) is 0.261. The molecule has 0 aliphatic heterocycles. The first kappa shape index (κ1) is 21.5. The number of aryl methyl sites for hydroxylation is 2. The monoisotopic (exact) mass is 356 g/mol. The summed E-state index contributed by atoms with van der Waals surface area (Å²) in [7, 11) is 3.93. The molecule has 0 atom stereocenters. The fourth-order valence-electron chi connectivity index (χ4n) is 2.71. The number of hydrogen-bond acceptors (Lipinski definition) is 4. The van der Waals surface area contributed by atoms with E-state index in [2.05, 4.69) is 6.07 Å². The summed E-state index contributed by atoms with van der Waals surface area (Å²) in [5.41, 5.74) is 4.22. The number of nitrogens with zero attached hydrogens (tertiary/aromatic N) is 4. The largest absolute Gasteiger partial charge is 0.378 e. The average Bonchev–Trinajstić information content (AvgIpc) is 2.68. The van der Waals surface area contributed by atoms with Crippen molar-refractivity contribution in [2.75, 3.05) is 19.0 Å². The average molecular weight is 356 g/mol. The van der Waals surface area contributed by atoms with Crippen molar-refractivity contribution in [3.8, 4) is 18.2 Å². The van der Waals surface area contributed by atoms with E-state index in [1.807, 2.05) is 89.2 Å². The van der Waals surface area contributed by atoms with Crippen molar-refractivity contribution >= 4 is 16.8 Å². The van der Waals surface area contributed by atoms with Crippen LogP contribution < -0.4 is 15.3 Å². The molecule has 4 nitrogen and oxygen atoms in total. The molecule has 0 saturated heterocycles. The molecule has 0 aromatic heterocycles. The molecule has 0 bridgehead atoms. The van der Waals surface area contributed by atoms with E-state index in [-0.39, 0.29) is 5.57 Å². The standard InChI is InChI=1S/C21H18N4.C2H6/c1-14-10-20(15(2)9-19(14)17(11-22)12-23)21(13-24)16-5-7-18(8-6-16)25(3)4;1-2/h5-10H,1-4H3;1-2H3/b21-20+;. The van der Waals surface area contributed by atoms with Crippen LogP contribution in [0, 0.1) is 47.8 Å². The highest BCUT2D eigenvalue weighted by atomic mass is 15.1. The third-order valence-electron chi connectivity index (χ3n) is 4.12. The van der Waals surface area contributed by atoms with Crippen LogP contribution in [0.4, 0.5) is 5.69 Å². The van der Waals surface area contributed by atoms with Crippen molar-refractivity contribution in [3.05, 3.63) is 63.5 Å². The van der Waals surface area contributed by atoms with Gasteiger partial charge in [-0.25, -0.2) is 0 Å². The summed E-state index contributed by atoms with van der Waals surface area (Å²) in [6.07, 6.45) is 0. The Bertz CT molecular complexity index is 1040. The first-order valence-electron chi connectivity index (χ1n) is 8.76. The molecule has 27 heavy (non-hydrogen) atoms. The number of rotatable bonds is 2. The van der Waals surface area contributed by atoms with E-state index in [0.29, 0.717) is 10.8 Å². The first-order chi connectivity index (χ1) is 12.9. The van der Waals surface area contributed by atoms with Gasteiger partial charge < -0.3 is 4.90 Å². The van der Waals surface area contributed by atoms with Crippen LogP contribution in [0.5, 0.6) is 0 Å². The smallest absolute Gasteiger partial charge is 0.137 e. The Morgan fingerprint density at radius 1 is 0.778 bits per heavy atom. The second-order valence-corrected chi connectivity index (χ2v) is 6.01. The second-order valence-electron chi connectivity index (χ2n) is 6.01. The predicted molar refractivity (Wildman–Crippen MR) is 110 cm³/mol. The minimum Gasteiger partial charge on any atom is -0.378 e. The summed E-state index contributed by atoms with van der Waals surface area (Å²) in [6.45, 7) is 7.73. The molecule has 0 fully saturated rings. The van der Waals surface area contributed by atoms with E-state index < -0.39 is 0 Å².